The van der Waals surface area contributed by atoms with Gasteiger partial charge >= 0.3 is 5.97 Å². The van der Waals surface area contributed by atoms with Crippen LogP contribution in [0.5, 0.6) is 5.75 Å². The molecule has 0 spiro atoms. The highest BCUT2D eigenvalue weighted by atomic mass is 32.2. The van der Waals surface area contributed by atoms with E-state index in [9.17, 15) is 22.0 Å². The molecule has 1 aromatic carbocycles. The Hall–Kier alpha value is -2.20. The third-order valence-electron chi connectivity index (χ3n) is 2.67. The molecule has 0 fully saturated rings. The van der Waals surface area contributed by atoms with Crippen molar-refractivity contribution in [1.82, 2.24) is 0 Å². The number of aromatic hydroxyl groups is 1. The summed E-state index contributed by atoms with van der Waals surface area (Å²) < 4.78 is 52.2. The Morgan fingerprint density at radius 2 is 1.95 bits per heavy atom. The molecule has 0 aliphatic rings. The number of anilines is 1. The second-order valence-corrected chi connectivity index (χ2v) is 7.21. The number of hydrogen-bond acceptors (Lipinski definition) is 5. The molecule has 1 aromatic heterocycles. The van der Waals surface area contributed by atoms with Crippen LogP contribution in [0.15, 0.2) is 22.4 Å². The molecule has 0 saturated heterocycles. The van der Waals surface area contributed by atoms with Gasteiger partial charge in [0.25, 0.3) is 10.0 Å². The van der Waals surface area contributed by atoms with Crippen LogP contribution >= 0.6 is 11.3 Å². The van der Waals surface area contributed by atoms with Crippen LogP contribution in [-0.4, -0.2) is 24.6 Å². The molecule has 0 atom stereocenters. The normalized spacial score (nSPS) is 11.4. The van der Waals surface area contributed by atoms with Gasteiger partial charge in [-0.15, -0.1) is 11.3 Å². The Morgan fingerprint density at radius 3 is 2.50 bits per heavy atom. The molecular formula is C12H9F2NO5S2. The molecule has 0 aliphatic carbocycles. The lowest BCUT2D eigenvalue weighted by atomic mass is 10.3. The summed E-state index contributed by atoms with van der Waals surface area (Å²) in [5.41, 5.74) is -0.415. The number of halogens is 2. The number of carbonyl (C=O) groups is 1. The molecule has 0 unspecified atom stereocenters. The van der Waals surface area contributed by atoms with Crippen molar-refractivity contribution in [3.63, 3.8) is 0 Å². The van der Waals surface area contributed by atoms with Crippen molar-refractivity contribution in [3.05, 3.63) is 40.3 Å². The number of aryl methyl sites for hydroxylation is 1. The summed E-state index contributed by atoms with van der Waals surface area (Å²) in [6.07, 6.45) is 0. The highest BCUT2D eigenvalue weighted by Crippen LogP contribution is 2.31. The monoisotopic (exact) mass is 349 g/mol. The minimum Gasteiger partial charge on any atom is -0.503 e. The van der Waals surface area contributed by atoms with E-state index in [4.69, 9.17) is 10.2 Å². The highest BCUT2D eigenvalue weighted by molar-refractivity contribution is 7.94. The second-order valence-electron chi connectivity index (χ2n) is 4.25. The van der Waals surface area contributed by atoms with Crippen molar-refractivity contribution in [2.45, 2.75) is 11.1 Å². The average molecular weight is 349 g/mol. The molecule has 3 N–H and O–H groups in total. The van der Waals surface area contributed by atoms with Gasteiger partial charge in [0, 0.05) is 0 Å². The third-order valence-corrected chi connectivity index (χ3v) is 5.73. The van der Waals surface area contributed by atoms with Crippen molar-refractivity contribution < 1.29 is 32.2 Å². The van der Waals surface area contributed by atoms with E-state index >= 15 is 0 Å². The van der Waals surface area contributed by atoms with Gasteiger partial charge in [-0.1, -0.05) is 0 Å². The zero-order valence-electron chi connectivity index (χ0n) is 10.9. The van der Waals surface area contributed by atoms with Crippen LogP contribution in [-0.2, 0) is 10.0 Å². The van der Waals surface area contributed by atoms with Gasteiger partial charge in [-0.25, -0.2) is 22.0 Å². The van der Waals surface area contributed by atoms with Gasteiger partial charge in [-0.3, -0.25) is 4.72 Å². The number of benzene rings is 1. The standard InChI is InChI=1S/C12H9F2NO5S2/c1-5-4-8(21-11(5)12(17)18)22(19,20)15-7-3-2-6(13)10(16)9(7)14/h2-4,15-16H,1H3,(H,17,18). The van der Waals surface area contributed by atoms with E-state index in [2.05, 4.69) is 0 Å². The van der Waals surface area contributed by atoms with Gasteiger partial charge < -0.3 is 10.2 Å². The average Bonchev–Trinajstić information content (AvgIpc) is 2.82. The van der Waals surface area contributed by atoms with Crippen LogP contribution in [0.1, 0.15) is 15.2 Å². The summed E-state index contributed by atoms with van der Waals surface area (Å²) in [5, 5.41) is 18.0. The molecule has 6 nitrogen and oxygen atoms in total. The van der Waals surface area contributed by atoms with Gasteiger partial charge in [0.15, 0.2) is 17.4 Å². The lowest BCUT2D eigenvalue weighted by Gasteiger charge is -2.08. The predicted octanol–water partition coefficient (Wildman–Crippen LogP) is 2.54. The lowest BCUT2D eigenvalue weighted by Crippen LogP contribution is -2.12. The van der Waals surface area contributed by atoms with Crippen LogP contribution < -0.4 is 4.72 Å². The molecule has 2 rings (SSSR count). The minimum atomic E-state index is -4.27. The van der Waals surface area contributed by atoms with E-state index in [-0.39, 0.29) is 14.6 Å². The lowest BCUT2D eigenvalue weighted by molar-refractivity contribution is 0.0701. The SMILES string of the molecule is Cc1cc(S(=O)(=O)Nc2ccc(F)c(O)c2F)sc1C(=O)O. The number of aromatic carboxylic acids is 1. The van der Waals surface area contributed by atoms with Crippen molar-refractivity contribution in [3.8, 4) is 5.75 Å². The fraction of sp³-hybridized carbons (Fsp3) is 0.0833. The van der Waals surface area contributed by atoms with Crippen LogP contribution in [0.4, 0.5) is 14.5 Å². The van der Waals surface area contributed by atoms with E-state index < -0.39 is 39.1 Å². The maximum atomic E-state index is 13.6. The number of phenolic OH excluding ortho intramolecular Hbond substituents is 1. The number of carboxylic acid groups (broad SMARTS) is 1. The molecule has 1 heterocycles. The third kappa shape index (κ3) is 2.88. The number of rotatable bonds is 4. The first-order valence-electron chi connectivity index (χ1n) is 5.67. The number of hydrogen-bond donors (Lipinski definition) is 3. The van der Waals surface area contributed by atoms with E-state index in [1.807, 2.05) is 4.72 Å². The summed E-state index contributed by atoms with van der Waals surface area (Å²) >= 11 is 0.498. The smallest absolute Gasteiger partial charge is 0.346 e. The Balaban J connectivity index is 2.42. The van der Waals surface area contributed by atoms with Crippen LogP contribution in [0.25, 0.3) is 0 Å². The van der Waals surface area contributed by atoms with Crippen molar-refractivity contribution in [2.24, 2.45) is 0 Å². The second kappa shape index (κ2) is 5.54. The minimum absolute atomic E-state index is 0.164. The van der Waals surface area contributed by atoms with E-state index in [0.717, 1.165) is 12.1 Å². The van der Waals surface area contributed by atoms with E-state index in [1.165, 1.54) is 6.92 Å². The Morgan fingerprint density at radius 1 is 1.32 bits per heavy atom. The Kier molecular flexibility index (Phi) is 4.07. The topological polar surface area (TPSA) is 104 Å². The van der Waals surface area contributed by atoms with Crippen molar-refractivity contribution in [1.29, 1.82) is 0 Å². The summed E-state index contributed by atoms with van der Waals surface area (Å²) in [6.45, 7) is 1.42. The first-order chi connectivity index (χ1) is 10.1. The quantitative estimate of drug-likeness (QED) is 0.787. The first-order valence-corrected chi connectivity index (χ1v) is 7.97. The Labute approximate surface area is 127 Å². The number of phenols is 1. The number of thiophene rings is 1. The highest BCUT2D eigenvalue weighted by Gasteiger charge is 2.24. The molecule has 10 heteroatoms. The fourth-order valence-electron chi connectivity index (χ4n) is 1.61. The summed E-state index contributed by atoms with van der Waals surface area (Å²) in [5.74, 6) is -5.29. The molecule has 118 valence electrons. The molecule has 0 saturated carbocycles. The summed E-state index contributed by atoms with van der Waals surface area (Å²) in [4.78, 5) is 10.8. The fourth-order valence-corrected chi connectivity index (χ4v) is 4.05. The largest absolute Gasteiger partial charge is 0.503 e. The van der Waals surface area contributed by atoms with E-state index in [0.29, 0.717) is 17.4 Å². The van der Waals surface area contributed by atoms with Crippen LogP contribution in [0.3, 0.4) is 0 Å². The molecular weight excluding hydrogens is 340 g/mol. The van der Waals surface area contributed by atoms with Crippen molar-refractivity contribution >= 4 is 33.0 Å². The summed E-state index contributed by atoms with van der Waals surface area (Å²) in [7, 11) is -4.27. The predicted molar refractivity (Wildman–Crippen MR) is 74.8 cm³/mol. The molecule has 22 heavy (non-hydrogen) atoms. The van der Waals surface area contributed by atoms with Crippen molar-refractivity contribution in [2.75, 3.05) is 4.72 Å². The number of sulfonamides is 1. The molecule has 0 radical (unpaired) electrons. The first kappa shape index (κ1) is 16.2. The summed E-state index contributed by atoms with van der Waals surface area (Å²) in [6, 6.07) is 2.62. The Bertz CT molecular complexity index is 861. The van der Waals surface area contributed by atoms with Gasteiger partial charge in [0.1, 0.15) is 9.09 Å². The molecule has 0 bridgehead atoms. The maximum absolute atomic E-state index is 13.6. The maximum Gasteiger partial charge on any atom is 0.346 e. The molecule has 0 aliphatic heterocycles. The zero-order valence-corrected chi connectivity index (χ0v) is 12.6. The van der Waals surface area contributed by atoms with Gasteiger partial charge in [-0.2, -0.15) is 0 Å². The zero-order chi connectivity index (χ0) is 16.7. The molecule has 2 aromatic rings. The number of carboxylic acids is 1. The molecule has 0 amide bonds. The van der Waals surface area contributed by atoms with Gasteiger partial charge in [0.2, 0.25) is 0 Å². The van der Waals surface area contributed by atoms with Crippen LogP contribution in [0.2, 0.25) is 0 Å². The van der Waals surface area contributed by atoms with Gasteiger partial charge in [0.05, 0.1) is 5.69 Å². The van der Waals surface area contributed by atoms with Crippen LogP contribution in [0, 0.1) is 18.6 Å². The number of nitrogens with one attached hydrogen (secondary N) is 1. The van der Waals surface area contributed by atoms with Gasteiger partial charge in [-0.05, 0) is 30.7 Å². The van der Waals surface area contributed by atoms with E-state index in [1.54, 1.807) is 0 Å².